The van der Waals surface area contributed by atoms with Crippen LogP contribution in [0.2, 0.25) is 4.34 Å². The Kier molecular flexibility index (Phi) is 5.84. The molecule has 1 amide bonds. The Labute approximate surface area is 145 Å². The van der Waals surface area contributed by atoms with Crippen molar-refractivity contribution in [2.24, 2.45) is 0 Å². The second-order valence-electron chi connectivity index (χ2n) is 5.30. The summed E-state index contributed by atoms with van der Waals surface area (Å²) in [7, 11) is -3.13. The normalized spacial score (nSPS) is 11.4. The zero-order valence-corrected chi connectivity index (χ0v) is 15.3. The number of carbonyl (C=O) groups is 1. The fourth-order valence-corrected chi connectivity index (χ4v) is 4.12. The van der Waals surface area contributed by atoms with Gasteiger partial charge in [-0.2, -0.15) is 0 Å². The summed E-state index contributed by atoms with van der Waals surface area (Å²) in [5.41, 5.74) is 1.12. The highest BCUT2D eigenvalue weighted by Crippen LogP contribution is 2.23. The lowest BCUT2D eigenvalue weighted by molar-refractivity contribution is 0.0754. The van der Waals surface area contributed by atoms with Gasteiger partial charge in [0, 0.05) is 23.2 Å². The maximum Gasteiger partial charge on any atom is 0.254 e. The first-order valence-electron chi connectivity index (χ1n) is 7.08. The van der Waals surface area contributed by atoms with Crippen molar-refractivity contribution in [3.63, 3.8) is 0 Å². The minimum Gasteiger partial charge on any atom is -0.334 e. The van der Waals surface area contributed by atoms with E-state index in [0.29, 0.717) is 28.6 Å². The average Bonchev–Trinajstić information content (AvgIpc) is 2.88. The van der Waals surface area contributed by atoms with Crippen LogP contribution in [0, 0.1) is 0 Å². The topological polar surface area (TPSA) is 54.5 Å². The Morgan fingerprint density at radius 2 is 2.00 bits per heavy atom. The third kappa shape index (κ3) is 5.34. The van der Waals surface area contributed by atoms with Gasteiger partial charge in [-0.15, -0.1) is 11.3 Å². The van der Waals surface area contributed by atoms with Gasteiger partial charge in [-0.1, -0.05) is 23.7 Å². The Morgan fingerprint density at radius 3 is 2.57 bits per heavy atom. The number of halogens is 1. The number of thiophene rings is 1. The average molecular weight is 372 g/mol. The van der Waals surface area contributed by atoms with Crippen LogP contribution in [-0.4, -0.2) is 32.0 Å². The Hall–Kier alpha value is -1.37. The van der Waals surface area contributed by atoms with E-state index in [0.717, 1.165) is 4.88 Å². The Balaban J connectivity index is 2.18. The van der Waals surface area contributed by atoms with Crippen LogP contribution in [0.1, 0.15) is 27.7 Å². The van der Waals surface area contributed by atoms with Crippen LogP contribution in [0.15, 0.2) is 36.4 Å². The largest absolute Gasteiger partial charge is 0.334 e. The first-order valence-corrected chi connectivity index (χ1v) is 10.3. The number of hydrogen-bond donors (Lipinski definition) is 0. The molecule has 1 aromatic heterocycles. The van der Waals surface area contributed by atoms with Crippen molar-refractivity contribution >= 4 is 38.7 Å². The van der Waals surface area contributed by atoms with E-state index in [4.69, 9.17) is 11.6 Å². The SMILES string of the molecule is CCN(Cc1ccc(Cl)s1)C(=O)c1cccc(CS(C)(=O)=O)c1. The van der Waals surface area contributed by atoms with E-state index in [1.54, 1.807) is 29.2 Å². The highest BCUT2D eigenvalue weighted by Gasteiger charge is 2.16. The highest BCUT2D eigenvalue weighted by molar-refractivity contribution is 7.89. The molecule has 0 aliphatic carbocycles. The van der Waals surface area contributed by atoms with Crippen molar-refractivity contribution in [3.8, 4) is 0 Å². The van der Waals surface area contributed by atoms with E-state index in [-0.39, 0.29) is 11.7 Å². The van der Waals surface area contributed by atoms with Crippen LogP contribution in [-0.2, 0) is 22.1 Å². The first-order chi connectivity index (χ1) is 10.8. The lowest BCUT2D eigenvalue weighted by atomic mass is 10.1. The van der Waals surface area contributed by atoms with E-state index < -0.39 is 9.84 Å². The quantitative estimate of drug-likeness (QED) is 0.779. The smallest absolute Gasteiger partial charge is 0.254 e. The molecule has 0 spiro atoms. The molecular formula is C16H18ClNO3S2. The van der Waals surface area contributed by atoms with E-state index in [2.05, 4.69) is 0 Å². The predicted octanol–water partition coefficient (Wildman–Crippen LogP) is 3.61. The minimum atomic E-state index is -3.13. The fraction of sp³-hybridized carbons (Fsp3) is 0.312. The molecule has 0 atom stereocenters. The molecule has 0 bridgehead atoms. The van der Waals surface area contributed by atoms with Crippen molar-refractivity contribution in [2.75, 3.05) is 12.8 Å². The monoisotopic (exact) mass is 371 g/mol. The van der Waals surface area contributed by atoms with Crippen molar-refractivity contribution in [1.29, 1.82) is 0 Å². The van der Waals surface area contributed by atoms with Gasteiger partial charge in [0.1, 0.15) is 0 Å². The standard InChI is InChI=1S/C16H18ClNO3S2/c1-3-18(10-14-7-8-15(17)22-14)16(19)13-6-4-5-12(9-13)11-23(2,20)21/h4-9H,3,10-11H2,1-2H3. The minimum absolute atomic E-state index is 0.0687. The van der Waals surface area contributed by atoms with Crippen LogP contribution in [0.4, 0.5) is 0 Å². The first kappa shape index (κ1) is 18.0. The van der Waals surface area contributed by atoms with Gasteiger partial charge in [-0.05, 0) is 36.8 Å². The third-order valence-corrected chi connectivity index (χ3v) is 5.32. The molecule has 0 radical (unpaired) electrons. The lowest BCUT2D eigenvalue weighted by Gasteiger charge is -2.20. The second kappa shape index (κ2) is 7.47. The Morgan fingerprint density at radius 1 is 1.26 bits per heavy atom. The predicted molar refractivity (Wildman–Crippen MR) is 94.7 cm³/mol. The van der Waals surface area contributed by atoms with Gasteiger partial charge >= 0.3 is 0 Å². The molecule has 7 heteroatoms. The lowest BCUT2D eigenvalue weighted by Crippen LogP contribution is -2.30. The zero-order valence-electron chi connectivity index (χ0n) is 13.0. The van der Waals surface area contributed by atoms with Crippen molar-refractivity contribution in [3.05, 3.63) is 56.7 Å². The summed E-state index contributed by atoms with van der Waals surface area (Å²) in [6.45, 7) is 2.96. The second-order valence-corrected chi connectivity index (χ2v) is 9.24. The number of amides is 1. The van der Waals surface area contributed by atoms with Crippen molar-refractivity contribution < 1.29 is 13.2 Å². The van der Waals surface area contributed by atoms with Gasteiger partial charge in [0.15, 0.2) is 9.84 Å². The third-order valence-electron chi connectivity index (χ3n) is 3.25. The van der Waals surface area contributed by atoms with Gasteiger partial charge in [0.05, 0.1) is 16.6 Å². The summed E-state index contributed by atoms with van der Waals surface area (Å²) >= 11 is 7.37. The van der Waals surface area contributed by atoms with Crippen LogP contribution >= 0.6 is 22.9 Å². The Bertz CT molecular complexity index is 799. The summed E-state index contributed by atoms with van der Waals surface area (Å²) in [6.07, 6.45) is 1.18. The number of sulfone groups is 1. The number of rotatable bonds is 6. The molecule has 23 heavy (non-hydrogen) atoms. The van der Waals surface area contributed by atoms with Crippen molar-refractivity contribution in [1.82, 2.24) is 4.90 Å². The molecule has 2 rings (SSSR count). The molecular weight excluding hydrogens is 354 g/mol. The molecule has 0 N–H and O–H groups in total. The maximum absolute atomic E-state index is 12.7. The van der Waals surface area contributed by atoms with Gasteiger partial charge < -0.3 is 4.90 Å². The van der Waals surface area contributed by atoms with Crippen LogP contribution in [0.5, 0.6) is 0 Å². The molecule has 0 saturated carbocycles. The molecule has 0 aliphatic rings. The molecule has 0 unspecified atom stereocenters. The zero-order chi connectivity index (χ0) is 17.0. The van der Waals surface area contributed by atoms with E-state index >= 15 is 0 Å². The van der Waals surface area contributed by atoms with Crippen LogP contribution in [0.3, 0.4) is 0 Å². The van der Waals surface area contributed by atoms with E-state index in [1.807, 2.05) is 19.1 Å². The summed E-state index contributed by atoms with van der Waals surface area (Å²) in [4.78, 5) is 15.4. The number of benzene rings is 1. The number of nitrogens with zero attached hydrogens (tertiary/aromatic N) is 1. The van der Waals surface area contributed by atoms with Gasteiger partial charge in [-0.25, -0.2) is 8.42 Å². The van der Waals surface area contributed by atoms with Gasteiger partial charge in [-0.3, -0.25) is 4.79 Å². The summed E-state index contributed by atoms with van der Waals surface area (Å²) in [5.74, 6) is -0.187. The molecule has 0 aliphatic heterocycles. The fourth-order valence-electron chi connectivity index (χ4n) is 2.23. The number of carbonyl (C=O) groups excluding carboxylic acids is 1. The molecule has 1 aromatic carbocycles. The van der Waals surface area contributed by atoms with E-state index in [9.17, 15) is 13.2 Å². The maximum atomic E-state index is 12.7. The summed E-state index contributed by atoms with van der Waals surface area (Å²) in [6, 6.07) is 10.5. The molecule has 2 aromatic rings. The molecule has 124 valence electrons. The van der Waals surface area contributed by atoms with Gasteiger partial charge in [0.2, 0.25) is 0 Å². The van der Waals surface area contributed by atoms with Crippen molar-refractivity contribution in [2.45, 2.75) is 19.2 Å². The van der Waals surface area contributed by atoms with Crippen LogP contribution < -0.4 is 0 Å². The molecule has 4 nitrogen and oxygen atoms in total. The van der Waals surface area contributed by atoms with Crippen LogP contribution in [0.25, 0.3) is 0 Å². The summed E-state index contributed by atoms with van der Waals surface area (Å²) < 4.78 is 23.5. The number of hydrogen-bond acceptors (Lipinski definition) is 4. The summed E-state index contributed by atoms with van der Waals surface area (Å²) in [5, 5.41) is 0. The van der Waals surface area contributed by atoms with Gasteiger partial charge in [0.25, 0.3) is 5.91 Å². The molecule has 0 saturated heterocycles. The highest BCUT2D eigenvalue weighted by atomic mass is 35.5. The molecule has 0 fully saturated rings. The molecule has 1 heterocycles. The van der Waals surface area contributed by atoms with E-state index in [1.165, 1.54) is 17.6 Å².